The summed E-state index contributed by atoms with van der Waals surface area (Å²) in [5, 5.41) is 1.20. The molecule has 0 saturated carbocycles. The first-order valence-corrected chi connectivity index (χ1v) is 9.72. The second-order valence-corrected chi connectivity index (χ2v) is 8.27. The molecule has 0 radical (unpaired) electrons. The third-order valence-electron chi connectivity index (χ3n) is 3.66. The Hall–Kier alpha value is -1.73. The number of aldehydes is 1. The predicted molar refractivity (Wildman–Crippen MR) is 106 cm³/mol. The second kappa shape index (κ2) is 10.6. The molecule has 0 N–H and O–H groups in total. The fourth-order valence-electron chi connectivity index (χ4n) is 2.32. The van der Waals surface area contributed by atoms with Gasteiger partial charge < -0.3 is 9.53 Å². The molecule has 0 heterocycles. The van der Waals surface area contributed by atoms with Crippen LogP contribution in [0.25, 0.3) is 0 Å². The minimum Gasteiger partial charge on any atom is -0.460 e. The molecule has 1 aromatic carbocycles. The Balaban J connectivity index is 2.77. The molecule has 0 aliphatic rings. The summed E-state index contributed by atoms with van der Waals surface area (Å²) in [5.41, 5.74) is 0.290. The van der Waals surface area contributed by atoms with E-state index in [9.17, 15) is 14.4 Å². The zero-order valence-electron chi connectivity index (χ0n) is 16.5. The van der Waals surface area contributed by atoms with Gasteiger partial charge in [0, 0.05) is 17.3 Å². The molecule has 2 atom stereocenters. The molecule has 150 valence electrons. The number of hydrogen-bond acceptors (Lipinski definition) is 5. The SMILES string of the molecule is CC(ON(C(=O)CCC(=O)OC(C)(C)C)C(C)CC=O)c1ccc(Br)cc1. The zero-order chi connectivity index (χ0) is 20.6. The van der Waals surface area contributed by atoms with Crippen LogP contribution in [0.15, 0.2) is 28.7 Å². The van der Waals surface area contributed by atoms with Gasteiger partial charge >= 0.3 is 5.97 Å². The van der Waals surface area contributed by atoms with Crippen LogP contribution in [0.1, 0.15) is 65.5 Å². The Kier molecular flexibility index (Phi) is 9.12. The Labute approximate surface area is 169 Å². The molecule has 6 nitrogen and oxygen atoms in total. The van der Waals surface area contributed by atoms with Crippen LogP contribution in [0, 0.1) is 0 Å². The molecular weight excluding hydrogens is 414 g/mol. The topological polar surface area (TPSA) is 72.9 Å². The minimum atomic E-state index is -0.600. The Morgan fingerprint density at radius 2 is 1.74 bits per heavy atom. The van der Waals surface area contributed by atoms with Crippen LogP contribution in [-0.2, 0) is 24.0 Å². The number of nitrogens with zero attached hydrogens (tertiary/aromatic N) is 1. The van der Waals surface area contributed by atoms with Crippen molar-refractivity contribution < 1.29 is 24.0 Å². The maximum Gasteiger partial charge on any atom is 0.306 e. The van der Waals surface area contributed by atoms with Crippen molar-refractivity contribution >= 4 is 34.1 Å². The largest absolute Gasteiger partial charge is 0.460 e. The predicted octanol–water partition coefficient (Wildman–Crippen LogP) is 4.37. The van der Waals surface area contributed by atoms with Gasteiger partial charge in [0.05, 0.1) is 12.5 Å². The summed E-state index contributed by atoms with van der Waals surface area (Å²) in [6.07, 6.45) is 0.400. The van der Waals surface area contributed by atoms with Gasteiger partial charge in [-0.15, -0.1) is 0 Å². The number of carbonyl (C=O) groups excluding carboxylic acids is 3. The number of esters is 1. The summed E-state index contributed by atoms with van der Waals surface area (Å²) in [7, 11) is 0. The third-order valence-corrected chi connectivity index (χ3v) is 4.19. The van der Waals surface area contributed by atoms with Gasteiger partial charge in [-0.3, -0.25) is 14.4 Å². The van der Waals surface area contributed by atoms with Crippen LogP contribution in [-0.4, -0.2) is 34.9 Å². The number of amides is 1. The normalized spacial score (nSPS) is 13.6. The second-order valence-electron chi connectivity index (χ2n) is 7.36. The number of benzene rings is 1. The third kappa shape index (κ3) is 8.67. The van der Waals surface area contributed by atoms with Crippen molar-refractivity contribution in [2.75, 3.05) is 0 Å². The van der Waals surface area contributed by atoms with Gasteiger partial charge in [-0.2, -0.15) is 0 Å². The quantitative estimate of drug-likeness (QED) is 0.323. The van der Waals surface area contributed by atoms with Crippen molar-refractivity contribution in [3.05, 3.63) is 34.3 Å². The Morgan fingerprint density at radius 3 is 2.26 bits per heavy atom. The molecule has 0 aliphatic heterocycles. The van der Waals surface area contributed by atoms with E-state index in [0.29, 0.717) is 0 Å². The molecule has 1 rings (SSSR count). The highest BCUT2D eigenvalue weighted by atomic mass is 79.9. The maximum atomic E-state index is 12.6. The van der Waals surface area contributed by atoms with Gasteiger partial charge in [0.2, 0.25) is 5.91 Å². The summed E-state index contributed by atoms with van der Waals surface area (Å²) in [6, 6.07) is 7.12. The molecule has 7 heteroatoms. The van der Waals surface area contributed by atoms with Gasteiger partial charge in [-0.25, -0.2) is 5.06 Å². The van der Waals surface area contributed by atoms with E-state index in [1.165, 1.54) is 5.06 Å². The fourth-order valence-corrected chi connectivity index (χ4v) is 2.58. The van der Waals surface area contributed by atoms with E-state index >= 15 is 0 Å². The monoisotopic (exact) mass is 441 g/mol. The lowest BCUT2D eigenvalue weighted by atomic mass is 10.1. The molecule has 2 unspecified atom stereocenters. The summed E-state index contributed by atoms with van der Waals surface area (Å²) in [4.78, 5) is 41.2. The molecule has 0 aromatic heterocycles. The first kappa shape index (κ1) is 23.3. The number of halogens is 1. The first-order valence-electron chi connectivity index (χ1n) is 8.93. The van der Waals surface area contributed by atoms with Gasteiger partial charge in [-0.1, -0.05) is 28.1 Å². The summed E-state index contributed by atoms with van der Waals surface area (Å²) in [5.74, 6) is -0.807. The maximum absolute atomic E-state index is 12.6. The van der Waals surface area contributed by atoms with E-state index in [4.69, 9.17) is 9.57 Å². The lowest BCUT2D eigenvalue weighted by Gasteiger charge is -2.30. The van der Waals surface area contributed by atoms with E-state index in [0.717, 1.165) is 16.3 Å². The lowest BCUT2D eigenvalue weighted by Crippen LogP contribution is -2.40. The van der Waals surface area contributed by atoms with Crippen LogP contribution in [0.3, 0.4) is 0 Å². The van der Waals surface area contributed by atoms with E-state index in [1.54, 1.807) is 27.7 Å². The molecule has 0 aliphatic carbocycles. The van der Waals surface area contributed by atoms with Crippen molar-refractivity contribution in [3.8, 4) is 0 Å². The van der Waals surface area contributed by atoms with Crippen molar-refractivity contribution in [2.45, 2.75) is 71.6 Å². The molecule has 0 fully saturated rings. The van der Waals surface area contributed by atoms with Crippen LogP contribution in [0.5, 0.6) is 0 Å². The van der Waals surface area contributed by atoms with Crippen LogP contribution < -0.4 is 0 Å². The first-order chi connectivity index (χ1) is 12.5. The number of rotatable bonds is 9. The van der Waals surface area contributed by atoms with Gasteiger partial charge in [-0.05, 0) is 52.3 Å². The van der Waals surface area contributed by atoms with Crippen LogP contribution in [0.2, 0.25) is 0 Å². The number of hydroxylamine groups is 2. The molecule has 1 amide bonds. The molecule has 0 spiro atoms. The zero-order valence-corrected chi connectivity index (χ0v) is 18.1. The van der Waals surface area contributed by atoms with E-state index < -0.39 is 23.7 Å². The molecule has 0 bridgehead atoms. The van der Waals surface area contributed by atoms with Crippen LogP contribution in [0.4, 0.5) is 0 Å². The van der Waals surface area contributed by atoms with E-state index in [1.807, 2.05) is 31.2 Å². The van der Waals surface area contributed by atoms with Crippen molar-refractivity contribution in [2.24, 2.45) is 0 Å². The minimum absolute atomic E-state index is 0.0452. The number of carbonyl (C=O) groups is 3. The van der Waals surface area contributed by atoms with E-state index in [2.05, 4.69) is 15.9 Å². The lowest BCUT2D eigenvalue weighted by molar-refractivity contribution is -0.219. The number of hydrogen-bond donors (Lipinski definition) is 0. The molecule has 27 heavy (non-hydrogen) atoms. The highest BCUT2D eigenvalue weighted by molar-refractivity contribution is 9.10. The van der Waals surface area contributed by atoms with Gasteiger partial charge in [0.15, 0.2) is 0 Å². The summed E-state index contributed by atoms with van der Waals surface area (Å²) < 4.78 is 6.17. The van der Waals surface area contributed by atoms with Gasteiger partial charge in [0.1, 0.15) is 18.0 Å². The standard InChI is InChI=1S/C20H28BrNO5/c1-14(12-13-23)22(18(24)10-11-19(25)26-20(3,4)5)27-15(2)16-6-8-17(21)9-7-16/h6-9,13-15H,10-12H2,1-5H3. The molecule has 0 saturated heterocycles. The fraction of sp³-hybridized carbons (Fsp3) is 0.550. The average molecular weight is 442 g/mol. The number of ether oxygens (including phenoxy) is 1. The Bertz CT molecular complexity index is 639. The van der Waals surface area contributed by atoms with Crippen molar-refractivity contribution in [1.29, 1.82) is 0 Å². The summed E-state index contributed by atoms with van der Waals surface area (Å²) in [6.45, 7) is 8.87. The van der Waals surface area contributed by atoms with Crippen LogP contribution >= 0.6 is 15.9 Å². The summed E-state index contributed by atoms with van der Waals surface area (Å²) >= 11 is 3.38. The Morgan fingerprint density at radius 1 is 1.15 bits per heavy atom. The van der Waals surface area contributed by atoms with Gasteiger partial charge in [0.25, 0.3) is 0 Å². The van der Waals surface area contributed by atoms with Crippen molar-refractivity contribution in [1.82, 2.24) is 5.06 Å². The molecular formula is C20H28BrNO5. The molecule has 1 aromatic rings. The van der Waals surface area contributed by atoms with E-state index in [-0.39, 0.29) is 25.2 Å². The highest BCUT2D eigenvalue weighted by Gasteiger charge is 2.25. The highest BCUT2D eigenvalue weighted by Crippen LogP contribution is 2.23. The average Bonchev–Trinajstić information content (AvgIpc) is 2.56. The van der Waals surface area contributed by atoms with Crippen molar-refractivity contribution in [3.63, 3.8) is 0 Å². The smallest absolute Gasteiger partial charge is 0.306 e.